The second-order valence-corrected chi connectivity index (χ2v) is 6.21. The predicted octanol–water partition coefficient (Wildman–Crippen LogP) is 0.695. The number of carbonyl (C=O) groups is 3. The minimum absolute atomic E-state index is 0.131. The first-order valence-electron chi connectivity index (χ1n) is 6.74. The van der Waals surface area contributed by atoms with Gasteiger partial charge in [0.05, 0.1) is 6.54 Å². The normalized spacial score (nSPS) is 24.6. The Labute approximate surface area is 129 Å². The average molecular weight is 355 g/mol. The van der Waals surface area contributed by atoms with Crippen molar-refractivity contribution in [2.24, 2.45) is 0 Å². The monoisotopic (exact) mass is 354 g/mol. The molecule has 0 bridgehead atoms. The molecule has 2 N–H and O–H groups in total. The average Bonchev–Trinajstić information content (AvgIpc) is 3.09. The molecule has 8 heteroatoms. The number of aromatic nitrogens is 1. The molecule has 3 heterocycles. The number of likely N-dealkylation sites (tertiary alicyclic amines) is 1. The molecule has 1 aromatic heterocycles. The summed E-state index contributed by atoms with van der Waals surface area (Å²) in [5, 5.41) is 4.88. The molecule has 112 valence electrons. The molecule has 7 nitrogen and oxygen atoms in total. The van der Waals surface area contributed by atoms with E-state index in [1.165, 1.54) is 0 Å². The summed E-state index contributed by atoms with van der Waals surface area (Å²) in [7, 11) is 0. The van der Waals surface area contributed by atoms with Gasteiger partial charge in [-0.05, 0) is 35.3 Å². The van der Waals surface area contributed by atoms with E-state index in [1.54, 1.807) is 11.0 Å². The van der Waals surface area contributed by atoms with Crippen molar-refractivity contribution < 1.29 is 14.4 Å². The van der Waals surface area contributed by atoms with Crippen molar-refractivity contribution in [2.75, 3.05) is 13.1 Å². The van der Waals surface area contributed by atoms with Gasteiger partial charge in [0, 0.05) is 23.8 Å². The van der Waals surface area contributed by atoms with Crippen molar-refractivity contribution in [2.45, 2.75) is 25.4 Å². The van der Waals surface area contributed by atoms with Gasteiger partial charge in [0.15, 0.2) is 0 Å². The number of halogens is 1. The summed E-state index contributed by atoms with van der Waals surface area (Å²) in [6.07, 6.45) is 2.29. The molecule has 2 aliphatic heterocycles. The van der Waals surface area contributed by atoms with Gasteiger partial charge in [-0.25, -0.2) is 4.79 Å². The minimum Gasteiger partial charge on any atom is -0.343 e. The van der Waals surface area contributed by atoms with E-state index in [0.29, 0.717) is 25.2 Å². The van der Waals surface area contributed by atoms with Gasteiger partial charge in [0.25, 0.3) is 11.8 Å². The van der Waals surface area contributed by atoms with Crippen molar-refractivity contribution >= 4 is 33.8 Å². The van der Waals surface area contributed by atoms with Gasteiger partial charge in [0.2, 0.25) is 0 Å². The Bertz CT molecular complexity index is 641. The fourth-order valence-corrected chi connectivity index (χ4v) is 3.34. The predicted molar refractivity (Wildman–Crippen MR) is 77.7 cm³/mol. The Morgan fingerprint density at radius 2 is 2.24 bits per heavy atom. The first-order valence-corrected chi connectivity index (χ1v) is 7.53. The van der Waals surface area contributed by atoms with E-state index in [4.69, 9.17) is 0 Å². The van der Waals surface area contributed by atoms with Crippen LogP contribution in [0.25, 0.3) is 0 Å². The zero-order valence-electron chi connectivity index (χ0n) is 11.5. The summed E-state index contributed by atoms with van der Waals surface area (Å²) in [6, 6.07) is 1.28. The van der Waals surface area contributed by atoms with Crippen LogP contribution in [-0.2, 0) is 11.3 Å². The molecule has 1 unspecified atom stereocenters. The van der Waals surface area contributed by atoms with E-state index in [-0.39, 0.29) is 18.4 Å². The molecule has 2 saturated heterocycles. The lowest BCUT2D eigenvalue weighted by molar-refractivity contribution is -0.123. The van der Waals surface area contributed by atoms with Crippen molar-refractivity contribution in [3.8, 4) is 0 Å². The number of hydrogen-bond acceptors (Lipinski definition) is 3. The van der Waals surface area contributed by atoms with Crippen LogP contribution in [0.1, 0.15) is 23.8 Å². The van der Waals surface area contributed by atoms with Crippen LogP contribution in [0.15, 0.2) is 16.7 Å². The number of urea groups is 1. The topological polar surface area (TPSA) is 83.4 Å². The smallest absolute Gasteiger partial charge is 0.322 e. The highest BCUT2D eigenvalue weighted by Gasteiger charge is 2.51. The van der Waals surface area contributed by atoms with Crippen molar-refractivity contribution in [3.63, 3.8) is 0 Å². The lowest BCUT2D eigenvalue weighted by Crippen LogP contribution is -2.49. The van der Waals surface area contributed by atoms with Crippen LogP contribution in [0.2, 0.25) is 0 Å². The number of carbonyl (C=O) groups excluding carboxylic acids is 3. The van der Waals surface area contributed by atoms with Crippen LogP contribution in [0.4, 0.5) is 4.79 Å². The maximum atomic E-state index is 12.6. The molecule has 4 amide bonds. The molecule has 0 aliphatic carbocycles. The maximum Gasteiger partial charge on any atom is 0.322 e. The zero-order chi connectivity index (χ0) is 15.2. The lowest BCUT2D eigenvalue weighted by atomic mass is 10.00. The zero-order valence-corrected chi connectivity index (χ0v) is 13.1. The van der Waals surface area contributed by atoms with Crippen LogP contribution in [0.3, 0.4) is 0 Å². The summed E-state index contributed by atoms with van der Waals surface area (Å²) in [5.74, 6) is -0.483. The standard InChI is InChI=1S/C13H15BrN4O3/c1-2-17-6-8(14)5-9(17)10(19)18-4-3-13(7-18)11(20)15-12(21)16-13/h5-6H,2-4,7H2,1H3,(H2,15,16,20,21). The van der Waals surface area contributed by atoms with Crippen molar-refractivity contribution in [1.29, 1.82) is 0 Å². The number of imide groups is 1. The van der Waals surface area contributed by atoms with Crippen LogP contribution < -0.4 is 10.6 Å². The van der Waals surface area contributed by atoms with E-state index in [0.717, 1.165) is 4.47 Å². The second kappa shape index (κ2) is 4.87. The number of aryl methyl sites for hydroxylation is 1. The van der Waals surface area contributed by atoms with Crippen molar-refractivity contribution in [1.82, 2.24) is 20.1 Å². The highest BCUT2D eigenvalue weighted by atomic mass is 79.9. The Hall–Kier alpha value is -1.83. The van der Waals surface area contributed by atoms with Gasteiger partial charge in [-0.15, -0.1) is 0 Å². The van der Waals surface area contributed by atoms with Gasteiger partial charge in [0.1, 0.15) is 11.2 Å². The van der Waals surface area contributed by atoms with E-state index in [9.17, 15) is 14.4 Å². The van der Waals surface area contributed by atoms with Gasteiger partial charge in [-0.2, -0.15) is 0 Å². The maximum absolute atomic E-state index is 12.6. The van der Waals surface area contributed by atoms with Crippen LogP contribution in [0, 0.1) is 0 Å². The Morgan fingerprint density at radius 1 is 1.48 bits per heavy atom. The quantitative estimate of drug-likeness (QED) is 0.766. The van der Waals surface area contributed by atoms with E-state index < -0.39 is 11.6 Å². The van der Waals surface area contributed by atoms with Gasteiger partial charge in [-0.3, -0.25) is 14.9 Å². The molecule has 1 atom stereocenters. The highest BCUT2D eigenvalue weighted by Crippen LogP contribution is 2.27. The largest absolute Gasteiger partial charge is 0.343 e. The Kier molecular flexibility index (Phi) is 3.27. The summed E-state index contributed by atoms with van der Waals surface area (Å²) < 4.78 is 2.69. The SMILES string of the molecule is CCn1cc(Br)cc1C(=O)N1CCC2(C1)NC(=O)NC2=O. The first kappa shape index (κ1) is 14.1. The molecule has 2 aliphatic rings. The molecule has 3 rings (SSSR count). The molecule has 1 aromatic rings. The van der Waals surface area contributed by atoms with Crippen LogP contribution in [0.5, 0.6) is 0 Å². The Balaban J connectivity index is 1.81. The lowest BCUT2D eigenvalue weighted by Gasteiger charge is -2.21. The number of amides is 4. The molecule has 0 saturated carbocycles. The van der Waals surface area contributed by atoms with Crippen LogP contribution >= 0.6 is 15.9 Å². The van der Waals surface area contributed by atoms with Gasteiger partial charge >= 0.3 is 6.03 Å². The van der Waals surface area contributed by atoms with E-state index in [1.807, 2.05) is 17.7 Å². The van der Waals surface area contributed by atoms with E-state index in [2.05, 4.69) is 26.6 Å². The minimum atomic E-state index is -0.965. The highest BCUT2D eigenvalue weighted by molar-refractivity contribution is 9.10. The third-order valence-corrected chi connectivity index (χ3v) is 4.43. The molecule has 1 spiro atoms. The first-order chi connectivity index (χ1) is 9.95. The number of hydrogen-bond donors (Lipinski definition) is 2. The fourth-order valence-electron chi connectivity index (χ4n) is 2.88. The molecule has 21 heavy (non-hydrogen) atoms. The molecule has 2 fully saturated rings. The number of nitrogens with one attached hydrogen (secondary N) is 2. The van der Waals surface area contributed by atoms with Crippen molar-refractivity contribution in [3.05, 3.63) is 22.4 Å². The van der Waals surface area contributed by atoms with Gasteiger partial charge in [-0.1, -0.05) is 0 Å². The molecular formula is C13H15BrN4O3. The molecular weight excluding hydrogens is 340 g/mol. The molecule has 0 radical (unpaired) electrons. The third kappa shape index (κ3) is 2.23. The summed E-state index contributed by atoms with van der Waals surface area (Å²) in [4.78, 5) is 37.4. The third-order valence-electron chi connectivity index (χ3n) is 3.99. The number of nitrogens with zero attached hydrogens (tertiary/aromatic N) is 2. The molecule has 0 aromatic carbocycles. The summed E-state index contributed by atoms with van der Waals surface area (Å²) in [5.41, 5.74) is -0.390. The summed E-state index contributed by atoms with van der Waals surface area (Å²) >= 11 is 3.37. The van der Waals surface area contributed by atoms with Gasteiger partial charge < -0.3 is 14.8 Å². The fraction of sp³-hybridized carbons (Fsp3) is 0.462. The van der Waals surface area contributed by atoms with Crippen LogP contribution in [-0.4, -0.2) is 45.9 Å². The Morgan fingerprint density at radius 3 is 2.86 bits per heavy atom. The van der Waals surface area contributed by atoms with E-state index >= 15 is 0 Å². The second-order valence-electron chi connectivity index (χ2n) is 5.30. The number of rotatable bonds is 2. The summed E-state index contributed by atoms with van der Waals surface area (Å²) in [6.45, 7) is 3.29.